The van der Waals surface area contributed by atoms with Gasteiger partial charge < -0.3 is 27.5 Å². The molecule has 3 aromatic rings. The van der Waals surface area contributed by atoms with Crippen molar-refractivity contribution in [3.8, 4) is 0 Å². The quantitative estimate of drug-likeness (QED) is 0.241. The van der Waals surface area contributed by atoms with Crippen molar-refractivity contribution in [1.82, 2.24) is 15.0 Å². The Labute approximate surface area is 221 Å². The monoisotopic (exact) mass is 535 g/mol. The van der Waals surface area contributed by atoms with Gasteiger partial charge in [-0.25, -0.2) is 15.0 Å². The SMILES string of the molecule is N=CC1=C(N)CCCC1=CNc1ncnc(N)c1C(=N)c1ccc(C(=O)Nc2cc(C(F)(F)F)ccn2)cc1. The smallest absolute Gasteiger partial charge is 0.402 e. The molecule has 4 rings (SSSR count). The molecule has 0 saturated heterocycles. The van der Waals surface area contributed by atoms with Crippen LogP contribution < -0.4 is 22.1 Å². The third-order valence-electron chi connectivity index (χ3n) is 6.00. The molecule has 1 aliphatic rings. The zero-order valence-corrected chi connectivity index (χ0v) is 20.4. The van der Waals surface area contributed by atoms with Gasteiger partial charge in [0.05, 0.1) is 16.8 Å². The molecule has 0 aliphatic heterocycles. The third kappa shape index (κ3) is 6.09. The van der Waals surface area contributed by atoms with Gasteiger partial charge in [0.2, 0.25) is 0 Å². The molecular weight excluding hydrogens is 511 g/mol. The molecule has 0 unspecified atom stereocenters. The number of carbonyl (C=O) groups excluding carboxylic acids is 1. The van der Waals surface area contributed by atoms with E-state index in [-0.39, 0.29) is 34.3 Å². The minimum absolute atomic E-state index is 0.0218. The van der Waals surface area contributed by atoms with Gasteiger partial charge in [0.15, 0.2) is 0 Å². The van der Waals surface area contributed by atoms with E-state index < -0.39 is 17.6 Å². The van der Waals surface area contributed by atoms with Gasteiger partial charge in [-0.1, -0.05) is 12.1 Å². The Balaban J connectivity index is 1.54. The van der Waals surface area contributed by atoms with Crippen LogP contribution in [0.4, 0.5) is 30.6 Å². The summed E-state index contributed by atoms with van der Waals surface area (Å²) in [5.74, 6) is -0.588. The molecule has 200 valence electrons. The van der Waals surface area contributed by atoms with E-state index in [1.54, 1.807) is 6.20 Å². The summed E-state index contributed by atoms with van der Waals surface area (Å²) in [5, 5.41) is 21.8. The Morgan fingerprint density at radius 3 is 2.44 bits per heavy atom. The number of nitrogen functional groups attached to an aromatic ring is 1. The average molecular weight is 536 g/mol. The number of carbonyl (C=O) groups is 1. The topological polar surface area (TPSA) is 180 Å². The van der Waals surface area contributed by atoms with Gasteiger partial charge in [-0.15, -0.1) is 0 Å². The number of nitrogens with two attached hydrogens (primary N) is 2. The van der Waals surface area contributed by atoms with Gasteiger partial charge in [0.25, 0.3) is 5.91 Å². The summed E-state index contributed by atoms with van der Waals surface area (Å²) in [6.45, 7) is 0. The molecule has 2 aromatic heterocycles. The minimum atomic E-state index is -4.57. The highest BCUT2D eigenvalue weighted by molar-refractivity contribution is 6.16. The van der Waals surface area contributed by atoms with E-state index >= 15 is 0 Å². The van der Waals surface area contributed by atoms with Crippen LogP contribution in [0.1, 0.15) is 46.3 Å². The van der Waals surface area contributed by atoms with Gasteiger partial charge in [0, 0.05) is 41.0 Å². The maximum absolute atomic E-state index is 12.9. The molecule has 2 heterocycles. The molecule has 1 amide bonds. The molecule has 0 fully saturated rings. The fraction of sp³-hybridized carbons (Fsp3) is 0.154. The number of aromatic nitrogens is 3. The predicted molar refractivity (Wildman–Crippen MR) is 142 cm³/mol. The van der Waals surface area contributed by atoms with Crippen LogP contribution in [0.2, 0.25) is 0 Å². The highest BCUT2D eigenvalue weighted by atomic mass is 19.4. The second-order valence-electron chi connectivity index (χ2n) is 8.57. The van der Waals surface area contributed by atoms with Gasteiger partial charge in [0.1, 0.15) is 23.8 Å². The number of hydrogen-bond donors (Lipinski definition) is 6. The lowest BCUT2D eigenvalue weighted by Gasteiger charge is -2.18. The van der Waals surface area contributed by atoms with Crippen molar-refractivity contribution in [2.45, 2.75) is 25.4 Å². The lowest BCUT2D eigenvalue weighted by atomic mass is 9.92. The molecule has 1 aromatic carbocycles. The van der Waals surface area contributed by atoms with E-state index in [1.165, 1.54) is 36.8 Å². The Hall–Kier alpha value is -5.07. The third-order valence-corrected chi connectivity index (χ3v) is 6.00. The summed E-state index contributed by atoms with van der Waals surface area (Å²) in [7, 11) is 0. The number of pyridine rings is 1. The maximum Gasteiger partial charge on any atom is 0.416 e. The molecule has 10 nitrogen and oxygen atoms in total. The number of halogens is 3. The first-order valence-corrected chi connectivity index (χ1v) is 11.7. The largest absolute Gasteiger partial charge is 0.416 e. The van der Waals surface area contributed by atoms with E-state index in [0.29, 0.717) is 29.7 Å². The standard InChI is InChI=1S/C26H24F3N9O/c27-26(28,29)17-8-9-34-20(10-17)38-25(39)15-6-4-14(5-7-15)22(32)21-23(33)36-13-37-24(21)35-12-16-2-1-3-19(31)18(16)11-30/h4-13,30,32H,1-3,31H2,(H,34,38,39)(H3,33,35,36,37). The van der Waals surface area contributed by atoms with Gasteiger partial charge in [-0.05, 0) is 49.1 Å². The van der Waals surface area contributed by atoms with Crippen LogP contribution in [0.3, 0.4) is 0 Å². The summed E-state index contributed by atoms with van der Waals surface area (Å²) in [6, 6.07) is 7.41. The number of allylic oxidation sites excluding steroid dienone is 3. The molecular formula is C26H24F3N9O. The zero-order valence-electron chi connectivity index (χ0n) is 20.4. The van der Waals surface area contributed by atoms with E-state index in [1.807, 2.05) is 0 Å². The predicted octanol–water partition coefficient (Wildman–Crippen LogP) is 4.48. The average Bonchev–Trinajstić information content (AvgIpc) is 2.91. The van der Waals surface area contributed by atoms with Crippen LogP contribution in [0, 0.1) is 10.8 Å². The van der Waals surface area contributed by atoms with E-state index in [2.05, 4.69) is 25.6 Å². The molecule has 0 spiro atoms. The number of benzene rings is 1. The molecule has 0 saturated carbocycles. The van der Waals surface area contributed by atoms with Crippen LogP contribution in [-0.2, 0) is 6.18 Å². The lowest BCUT2D eigenvalue weighted by molar-refractivity contribution is -0.137. The zero-order chi connectivity index (χ0) is 28.2. The Morgan fingerprint density at radius 2 is 1.74 bits per heavy atom. The first kappa shape index (κ1) is 27.0. The Bertz CT molecular complexity index is 1500. The number of hydrogen-bond acceptors (Lipinski definition) is 9. The highest BCUT2D eigenvalue weighted by Gasteiger charge is 2.31. The van der Waals surface area contributed by atoms with Crippen LogP contribution in [0.15, 0.2) is 72.0 Å². The summed E-state index contributed by atoms with van der Waals surface area (Å²) < 4.78 is 38.8. The molecule has 0 atom stereocenters. The second kappa shape index (κ2) is 11.1. The van der Waals surface area contributed by atoms with E-state index in [0.717, 1.165) is 30.3 Å². The highest BCUT2D eigenvalue weighted by Crippen LogP contribution is 2.30. The molecule has 39 heavy (non-hydrogen) atoms. The number of nitrogens with one attached hydrogen (secondary N) is 4. The van der Waals surface area contributed by atoms with Crippen LogP contribution >= 0.6 is 0 Å². The summed E-state index contributed by atoms with van der Waals surface area (Å²) in [5.41, 5.74) is 14.0. The molecule has 0 bridgehead atoms. The lowest BCUT2D eigenvalue weighted by Crippen LogP contribution is -2.15. The van der Waals surface area contributed by atoms with Crippen molar-refractivity contribution in [1.29, 1.82) is 10.8 Å². The van der Waals surface area contributed by atoms with Crippen LogP contribution in [-0.4, -0.2) is 32.8 Å². The minimum Gasteiger partial charge on any atom is -0.402 e. The normalized spacial score (nSPS) is 14.7. The fourth-order valence-electron chi connectivity index (χ4n) is 3.99. The van der Waals surface area contributed by atoms with Crippen molar-refractivity contribution in [2.24, 2.45) is 5.73 Å². The van der Waals surface area contributed by atoms with Crippen molar-refractivity contribution in [2.75, 3.05) is 16.4 Å². The fourth-order valence-corrected chi connectivity index (χ4v) is 3.99. The number of nitrogens with zero attached hydrogens (tertiary/aromatic N) is 3. The first-order valence-electron chi connectivity index (χ1n) is 11.7. The molecule has 0 radical (unpaired) electrons. The van der Waals surface area contributed by atoms with Crippen molar-refractivity contribution >= 4 is 35.3 Å². The number of amides is 1. The van der Waals surface area contributed by atoms with Crippen molar-refractivity contribution in [3.63, 3.8) is 0 Å². The first-order chi connectivity index (χ1) is 18.6. The van der Waals surface area contributed by atoms with Crippen molar-refractivity contribution < 1.29 is 18.0 Å². The van der Waals surface area contributed by atoms with Gasteiger partial charge in [-0.3, -0.25) is 10.2 Å². The van der Waals surface area contributed by atoms with Crippen LogP contribution in [0.5, 0.6) is 0 Å². The molecule has 1 aliphatic carbocycles. The summed E-state index contributed by atoms with van der Waals surface area (Å²) in [4.78, 5) is 24.5. The Kier molecular flexibility index (Phi) is 7.70. The summed E-state index contributed by atoms with van der Waals surface area (Å²) >= 11 is 0. The molecule has 8 N–H and O–H groups in total. The number of rotatable bonds is 7. The Morgan fingerprint density at radius 1 is 1.03 bits per heavy atom. The van der Waals surface area contributed by atoms with E-state index in [4.69, 9.17) is 22.3 Å². The molecule has 13 heteroatoms. The van der Waals surface area contributed by atoms with E-state index in [9.17, 15) is 18.0 Å². The van der Waals surface area contributed by atoms with Crippen molar-refractivity contribution in [3.05, 3.63) is 94.2 Å². The maximum atomic E-state index is 12.9. The summed E-state index contributed by atoms with van der Waals surface area (Å²) in [6.07, 6.45) is 2.80. The van der Waals surface area contributed by atoms with Gasteiger partial charge in [-0.2, -0.15) is 13.2 Å². The van der Waals surface area contributed by atoms with Gasteiger partial charge >= 0.3 is 6.18 Å². The second-order valence-corrected chi connectivity index (χ2v) is 8.57. The number of alkyl halides is 3. The number of anilines is 3. The van der Waals surface area contributed by atoms with Crippen LogP contribution in [0.25, 0.3) is 0 Å².